The van der Waals surface area contributed by atoms with Crippen LogP contribution in [0.1, 0.15) is 16.2 Å². The van der Waals surface area contributed by atoms with E-state index in [-0.39, 0.29) is 17.6 Å². The third-order valence-electron chi connectivity index (χ3n) is 4.28. The van der Waals surface area contributed by atoms with Crippen molar-refractivity contribution in [3.63, 3.8) is 0 Å². The van der Waals surface area contributed by atoms with Gasteiger partial charge in [0.15, 0.2) is 5.16 Å². The van der Waals surface area contributed by atoms with Crippen LogP contribution in [0.15, 0.2) is 41.6 Å². The number of aromatic nitrogens is 3. The summed E-state index contributed by atoms with van der Waals surface area (Å²) in [6, 6.07) is 9.52. The van der Waals surface area contributed by atoms with E-state index in [1.54, 1.807) is 41.9 Å². The van der Waals surface area contributed by atoms with Gasteiger partial charge in [-0.3, -0.25) is 9.59 Å². The van der Waals surface area contributed by atoms with E-state index in [1.807, 2.05) is 0 Å². The molecular weight excluding hydrogens is 516 g/mol. The highest BCUT2D eigenvalue weighted by atomic mass is 35.5. The number of hydrogen-bond acceptors (Lipinski definition) is 5. The van der Waals surface area contributed by atoms with Crippen LogP contribution < -0.4 is 10.6 Å². The number of thioether (sulfide) groups is 1. The summed E-state index contributed by atoms with van der Waals surface area (Å²) in [7, 11) is 1.80. The normalized spacial score (nSPS) is 10.8. The van der Waals surface area contributed by atoms with Crippen molar-refractivity contribution in [2.24, 2.45) is 7.05 Å². The Labute approximate surface area is 208 Å². The minimum Gasteiger partial charge on any atom is -0.352 e. The van der Waals surface area contributed by atoms with Crippen LogP contribution in [0.4, 0.5) is 5.69 Å². The average Bonchev–Trinajstić information content (AvgIpc) is 3.10. The van der Waals surface area contributed by atoms with Gasteiger partial charge in [0.1, 0.15) is 5.82 Å². The van der Waals surface area contributed by atoms with E-state index in [1.165, 1.54) is 17.8 Å². The number of rotatable bonds is 8. The fourth-order valence-electron chi connectivity index (χ4n) is 2.62. The van der Waals surface area contributed by atoms with Gasteiger partial charge in [0.25, 0.3) is 5.91 Å². The molecule has 1 heterocycles. The molecule has 0 aliphatic heterocycles. The highest BCUT2D eigenvalue weighted by molar-refractivity contribution is 7.99. The van der Waals surface area contributed by atoms with Gasteiger partial charge >= 0.3 is 0 Å². The molecular formula is C20H17Cl4N5O2S. The molecule has 2 amide bonds. The number of nitrogens with one attached hydrogen (secondary N) is 2. The monoisotopic (exact) mass is 531 g/mol. The topological polar surface area (TPSA) is 88.9 Å². The summed E-state index contributed by atoms with van der Waals surface area (Å²) >= 11 is 25.0. The average molecular weight is 533 g/mol. The summed E-state index contributed by atoms with van der Waals surface area (Å²) in [6.45, 7) is 0.352. The maximum Gasteiger partial charge on any atom is 0.251 e. The van der Waals surface area contributed by atoms with Crippen LogP contribution in [0.2, 0.25) is 20.1 Å². The molecule has 1 aromatic heterocycles. The lowest BCUT2D eigenvalue weighted by molar-refractivity contribution is -0.113. The molecule has 0 unspecified atom stereocenters. The van der Waals surface area contributed by atoms with E-state index in [0.29, 0.717) is 55.3 Å². The molecule has 2 N–H and O–H groups in total. The molecule has 32 heavy (non-hydrogen) atoms. The van der Waals surface area contributed by atoms with Gasteiger partial charge in [-0.25, -0.2) is 0 Å². The first-order valence-corrected chi connectivity index (χ1v) is 11.7. The molecule has 0 fully saturated rings. The van der Waals surface area contributed by atoms with Gasteiger partial charge in [0.2, 0.25) is 5.91 Å². The highest BCUT2D eigenvalue weighted by Gasteiger charge is 2.14. The Bertz CT molecular complexity index is 1160. The van der Waals surface area contributed by atoms with Crippen LogP contribution in [-0.2, 0) is 18.3 Å². The van der Waals surface area contributed by atoms with E-state index in [2.05, 4.69) is 20.8 Å². The van der Waals surface area contributed by atoms with Crippen LogP contribution in [0.3, 0.4) is 0 Å². The number of amides is 2. The SMILES string of the molecule is Cn1c(CCNC(=O)c2ccc(Cl)c(Cl)c2)nnc1SCC(=O)Nc1ccc(Cl)cc1Cl. The summed E-state index contributed by atoms with van der Waals surface area (Å²) in [5.41, 5.74) is 0.901. The van der Waals surface area contributed by atoms with Crippen molar-refractivity contribution in [1.82, 2.24) is 20.1 Å². The minimum atomic E-state index is -0.266. The van der Waals surface area contributed by atoms with Crippen LogP contribution >= 0.6 is 58.2 Å². The van der Waals surface area contributed by atoms with Crippen molar-refractivity contribution < 1.29 is 9.59 Å². The molecule has 0 aliphatic rings. The predicted octanol–water partition coefficient (Wildman–Crippen LogP) is 5.13. The second kappa shape index (κ2) is 11.2. The van der Waals surface area contributed by atoms with Crippen molar-refractivity contribution in [3.05, 3.63) is 67.9 Å². The number of nitrogens with zero attached hydrogens (tertiary/aromatic N) is 3. The Balaban J connectivity index is 1.48. The first kappa shape index (κ1) is 24.7. The quantitative estimate of drug-likeness (QED) is 0.392. The first-order chi connectivity index (χ1) is 15.2. The lowest BCUT2D eigenvalue weighted by atomic mass is 10.2. The molecule has 0 saturated carbocycles. The summed E-state index contributed by atoms with van der Waals surface area (Å²) in [4.78, 5) is 24.5. The summed E-state index contributed by atoms with van der Waals surface area (Å²) in [5.74, 6) is 0.289. The number of carbonyl (C=O) groups excluding carboxylic acids is 2. The zero-order valence-electron chi connectivity index (χ0n) is 16.7. The van der Waals surface area contributed by atoms with Crippen molar-refractivity contribution >= 4 is 75.7 Å². The highest BCUT2D eigenvalue weighted by Crippen LogP contribution is 2.26. The van der Waals surface area contributed by atoms with Crippen molar-refractivity contribution in [3.8, 4) is 0 Å². The Morgan fingerprint density at radius 3 is 2.50 bits per heavy atom. The zero-order valence-corrected chi connectivity index (χ0v) is 20.5. The van der Waals surface area contributed by atoms with Crippen molar-refractivity contribution in [1.29, 1.82) is 0 Å². The zero-order chi connectivity index (χ0) is 23.3. The summed E-state index contributed by atoms with van der Waals surface area (Å²) < 4.78 is 1.78. The molecule has 0 atom stereocenters. The van der Waals surface area contributed by atoms with E-state index < -0.39 is 0 Å². The minimum absolute atomic E-state index is 0.124. The van der Waals surface area contributed by atoms with Gasteiger partial charge in [-0.1, -0.05) is 58.2 Å². The van der Waals surface area contributed by atoms with Crippen LogP contribution in [0.25, 0.3) is 0 Å². The van der Waals surface area contributed by atoms with Gasteiger partial charge in [0.05, 0.1) is 26.5 Å². The Morgan fingerprint density at radius 2 is 1.78 bits per heavy atom. The predicted molar refractivity (Wildman–Crippen MR) is 129 cm³/mol. The molecule has 0 radical (unpaired) electrons. The lowest BCUT2D eigenvalue weighted by Gasteiger charge is -2.08. The Hall–Kier alpha value is -1.97. The fraction of sp³-hybridized carbons (Fsp3) is 0.200. The molecule has 0 saturated heterocycles. The molecule has 7 nitrogen and oxygen atoms in total. The van der Waals surface area contributed by atoms with Gasteiger partial charge in [-0.15, -0.1) is 10.2 Å². The van der Waals surface area contributed by atoms with Gasteiger partial charge in [-0.05, 0) is 36.4 Å². The molecule has 3 rings (SSSR count). The molecule has 0 spiro atoms. The number of anilines is 1. The number of carbonyl (C=O) groups is 2. The molecule has 12 heteroatoms. The fourth-order valence-corrected chi connectivity index (χ4v) is 4.11. The second-order valence-electron chi connectivity index (χ2n) is 6.55. The molecule has 168 valence electrons. The Kier molecular flexibility index (Phi) is 8.67. The van der Waals surface area contributed by atoms with E-state index in [4.69, 9.17) is 46.4 Å². The van der Waals surface area contributed by atoms with Crippen LogP contribution in [0, 0.1) is 0 Å². The third kappa shape index (κ3) is 6.52. The number of hydrogen-bond donors (Lipinski definition) is 2. The molecule has 3 aromatic rings. The lowest BCUT2D eigenvalue weighted by Crippen LogP contribution is -2.26. The third-order valence-corrected chi connectivity index (χ3v) is 6.59. The van der Waals surface area contributed by atoms with E-state index >= 15 is 0 Å². The van der Waals surface area contributed by atoms with Gasteiger partial charge in [-0.2, -0.15) is 0 Å². The van der Waals surface area contributed by atoms with Gasteiger partial charge in [0, 0.05) is 30.6 Å². The molecule has 2 aromatic carbocycles. The maximum atomic E-state index is 12.2. The van der Waals surface area contributed by atoms with Crippen molar-refractivity contribution in [2.45, 2.75) is 11.6 Å². The van der Waals surface area contributed by atoms with E-state index in [9.17, 15) is 9.59 Å². The van der Waals surface area contributed by atoms with E-state index in [0.717, 1.165) is 0 Å². The largest absolute Gasteiger partial charge is 0.352 e. The molecule has 0 aliphatic carbocycles. The first-order valence-electron chi connectivity index (χ1n) is 9.24. The van der Waals surface area contributed by atoms with Crippen molar-refractivity contribution in [2.75, 3.05) is 17.6 Å². The maximum absolute atomic E-state index is 12.2. The molecule has 0 bridgehead atoms. The smallest absolute Gasteiger partial charge is 0.251 e. The summed E-state index contributed by atoms with van der Waals surface area (Å²) in [6.07, 6.45) is 0.462. The number of halogens is 4. The van der Waals surface area contributed by atoms with Gasteiger partial charge < -0.3 is 15.2 Å². The number of benzene rings is 2. The van der Waals surface area contributed by atoms with Crippen LogP contribution in [-0.4, -0.2) is 38.9 Å². The Morgan fingerprint density at radius 1 is 1.00 bits per heavy atom. The standard InChI is InChI=1S/C20H17Cl4N5O2S/c1-29-17(6-7-25-19(31)11-2-4-13(22)14(23)8-11)27-28-20(29)32-10-18(30)26-16-5-3-12(21)9-15(16)24/h2-5,8-9H,6-7,10H2,1H3,(H,25,31)(H,26,30). The summed E-state index contributed by atoms with van der Waals surface area (Å²) in [5, 5.41) is 15.9. The second-order valence-corrected chi connectivity index (χ2v) is 9.15. The van der Waals surface area contributed by atoms with Crippen LogP contribution in [0.5, 0.6) is 0 Å².